The number of methoxy groups -OCH3 is 2. The smallest absolute Gasteiger partial charge is 0.243 e. The molecular formula is C11H16FNO4S. The van der Waals surface area contributed by atoms with Crippen molar-refractivity contribution in [3.8, 4) is 11.5 Å². The van der Waals surface area contributed by atoms with Crippen molar-refractivity contribution in [2.75, 3.05) is 20.8 Å². The molecule has 1 rings (SSSR count). The lowest BCUT2D eigenvalue weighted by Gasteiger charge is -2.11. The summed E-state index contributed by atoms with van der Waals surface area (Å²) in [6.45, 7) is 2.06. The summed E-state index contributed by atoms with van der Waals surface area (Å²) < 4.78 is 49.5. The highest BCUT2D eigenvalue weighted by atomic mass is 32.2. The predicted molar refractivity (Wildman–Crippen MR) is 65.0 cm³/mol. The van der Waals surface area contributed by atoms with Crippen molar-refractivity contribution in [3.05, 3.63) is 17.9 Å². The summed E-state index contributed by atoms with van der Waals surface area (Å²) in [5, 5.41) is 0. The quantitative estimate of drug-likeness (QED) is 0.856. The molecule has 0 bridgehead atoms. The summed E-state index contributed by atoms with van der Waals surface area (Å²) >= 11 is 0. The van der Waals surface area contributed by atoms with Gasteiger partial charge in [0.1, 0.15) is 10.7 Å². The lowest BCUT2D eigenvalue weighted by molar-refractivity contribution is 0.350. The lowest BCUT2D eigenvalue weighted by atomic mass is 10.3. The number of hydrogen-bond donors (Lipinski definition) is 1. The maximum Gasteiger partial charge on any atom is 0.243 e. The number of rotatable bonds is 6. The number of benzene rings is 1. The zero-order valence-corrected chi connectivity index (χ0v) is 11.3. The average molecular weight is 277 g/mol. The largest absolute Gasteiger partial charge is 0.493 e. The van der Waals surface area contributed by atoms with Crippen LogP contribution in [-0.2, 0) is 10.0 Å². The molecule has 0 aliphatic carbocycles. The lowest BCUT2D eigenvalue weighted by Crippen LogP contribution is -2.25. The van der Waals surface area contributed by atoms with Gasteiger partial charge in [-0.2, -0.15) is 0 Å². The Balaban J connectivity index is 3.25. The summed E-state index contributed by atoms with van der Waals surface area (Å²) in [6, 6.07) is 2.09. The number of halogens is 1. The van der Waals surface area contributed by atoms with Crippen molar-refractivity contribution in [1.82, 2.24) is 4.72 Å². The first-order chi connectivity index (χ1) is 8.46. The van der Waals surface area contributed by atoms with Crippen LogP contribution in [0.5, 0.6) is 11.5 Å². The van der Waals surface area contributed by atoms with E-state index < -0.39 is 20.7 Å². The molecule has 0 saturated carbocycles. The second kappa shape index (κ2) is 6.01. The van der Waals surface area contributed by atoms with Gasteiger partial charge in [-0.05, 0) is 6.42 Å². The second-order valence-electron chi connectivity index (χ2n) is 3.54. The molecule has 102 valence electrons. The van der Waals surface area contributed by atoms with Crippen LogP contribution in [0.3, 0.4) is 0 Å². The van der Waals surface area contributed by atoms with E-state index in [0.717, 1.165) is 12.1 Å². The standard InChI is InChI=1S/C11H16FNO4S/c1-4-5-13-18(14,15)11-7-10(17-3)9(16-2)6-8(11)12/h6-7,13H,4-5H2,1-3H3. The van der Waals surface area contributed by atoms with Gasteiger partial charge in [0.05, 0.1) is 14.2 Å². The van der Waals surface area contributed by atoms with E-state index in [9.17, 15) is 12.8 Å². The Morgan fingerprint density at radius 2 is 1.78 bits per heavy atom. The van der Waals surface area contributed by atoms with Crippen molar-refractivity contribution in [3.63, 3.8) is 0 Å². The van der Waals surface area contributed by atoms with Crippen LogP contribution in [0.25, 0.3) is 0 Å². The Bertz CT molecular complexity index is 516. The van der Waals surface area contributed by atoms with Crippen LogP contribution in [0.4, 0.5) is 4.39 Å². The highest BCUT2D eigenvalue weighted by molar-refractivity contribution is 7.89. The van der Waals surface area contributed by atoms with E-state index in [1.165, 1.54) is 14.2 Å². The van der Waals surface area contributed by atoms with Crippen LogP contribution < -0.4 is 14.2 Å². The number of ether oxygens (including phenoxy) is 2. The summed E-state index contributed by atoms with van der Waals surface area (Å²) in [7, 11) is -1.17. The normalized spacial score (nSPS) is 11.3. The van der Waals surface area contributed by atoms with Crippen molar-refractivity contribution < 1.29 is 22.3 Å². The topological polar surface area (TPSA) is 64.6 Å². The first-order valence-corrected chi connectivity index (χ1v) is 6.85. The zero-order valence-electron chi connectivity index (χ0n) is 10.5. The summed E-state index contributed by atoms with van der Waals surface area (Å²) in [5.74, 6) is -0.573. The zero-order chi connectivity index (χ0) is 13.8. The van der Waals surface area contributed by atoms with Crippen LogP contribution >= 0.6 is 0 Å². The van der Waals surface area contributed by atoms with Crippen LogP contribution in [0.15, 0.2) is 17.0 Å². The highest BCUT2D eigenvalue weighted by Crippen LogP contribution is 2.31. The summed E-state index contributed by atoms with van der Waals surface area (Å²) in [5.41, 5.74) is 0. The Labute approximate surface area is 106 Å². The summed E-state index contributed by atoms with van der Waals surface area (Å²) in [4.78, 5) is -0.450. The second-order valence-corrected chi connectivity index (χ2v) is 5.27. The van der Waals surface area contributed by atoms with E-state index >= 15 is 0 Å². The molecule has 0 aromatic heterocycles. The van der Waals surface area contributed by atoms with E-state index in [4.69, 9.17) is 9.47 Å². The van der Waals surface area contributed by atoms with Crippen LogP contribution in [-0.4, -0.2) is 29.2 Å². The molecular weight excluding hydrogens is 261 g/mol. The third-order valence-corrected chi connectivity index (χ3v) is 3.75. The molecule has 0 heterocycles. The molecule has 0 atom stereocenters. The van der Waals surface area contributed by atoms with Crippen molar-refractivity contribution in [1.29, 1.82) is 0 Å². The molecule has 5 nitrogen and oxygen atoms in total. The Hall–Kier alpha value is -1.34. The highest BCUT2D eigenvalue weighted by Gasteiger charge is 2.21. The van der Waals surface area contributed by atoms with Crippen LogP contribution in [0.2, 0.25) is 0 Å². The van der Waals surface area contributed by atoms with Gasteiger partial charge in [-0.1, -0.05) is 6.92 Å². The Kier molecular flexibility index (Phi) is 4.92. The molecule has 1 aromatic carbocycles. The monoisotopic (exact) mass is 277 g/mol. The van der Waals surface area contributed by atoms with Crippen LogP contribution in [0.1, 0.15) is 13.3 Å². The fraction of sp³-hybridized carbons (Fsp3) is 0.455. The van der Waals surface area contributed by atoms with E-state index in [0.29, 0.717) is 6.42 Å². The molecule has 1 aromatic rings. The summed E-state index contributed by atoms with van der Waals surface area (Å²) in [6.07, 6.45) is 0.619. The van der Waals surface area contributed by atoms with E-state index in [-0.39, 0.29) is 18.0 Å². The van der Waals surface area contributed by atoms with E-state index in [1.54, 1.807) is 0 Å². The first kappa shape index (κ1) is 14.7. The van der Waals surface area contributed by atoms with Gasteiger partial charge >= 0.3 is 0 Å². The number of hydrogen-bond acceptors (Lipinski definition) is 4. The third kappa shape index (κ3) is 3.11. The van der Waals surface area contributed by atoms with Crippen molar-refractivity contribution in [2.45, 2.75) is 18.2 Å². The molecule has 7 heteroatoms. The van der Waals surface area contributed by atoms with Gasteiger partial charge in [-0.15, -0.1) is 0 Å². The minimum atomic E-state index is -3.87. The van der Waals surface area contributed by atoms with Gasteiger partial charge in [0, 0.05) is 18.7 Å². The molecule has 0 spiro atoms. The fourth-order valence-corrected chi connectivity index (χ4v) is 2.56. The third-order valence-electron chi connectivity index (χ3n) is 2.27. The Morgan fingerprint density at radius 1 is 1.22 bits per heavy atom. The maximum absolute atomic E-state index is 13.7. The van der Waals surface area contributed by atoms with Gasteiger partial charge in [-0.25, -0.2) is 17.5 Å². The minimum Gasteiger partial charge on any atom is -0.493 e. The van der Waals surface area contributed by atoms with Crippen LogP contribution in [0, 0.1) is 5.82 Å². The molecule has 0 amide bonds. The first-order valence-electron chi connectivity index (χ1n) is 5.37. The van der Waals surface area contributed by atoms with Gasteiger partial charge in [0.25, 0.3) is 0 Å². The van der Waals surface area contributed by atoms with Gasteiger partial charge in [0.2, 0.25) is 10.0 Å². The average Bonchev–Trinajstić information content (AvgIpc) is 2.35. The molecule has 0 saturated heterocycles. The molecule has 0 aliphatic heterocycles. The van der Waals surface area contributed by atoms with E-state index in [2.05, 4.69) is 4.72 Å². The van der Waals surface area contributed by atoms with Crippen molar-refractivity contribution >= 4 is 10.0 Å². The molecule has 0 fully saturated rings. The molecule has 0 unspecified atom stereocenters. The fourth-order valence-electron chi connectivity index (χ4n) is 1.36. The van der Waals surface area contributed by atoms with Gasteiger partial charge < -0.3 is 9.47 Å². The molecule has 1 N–H and O–H groups in total. The Morgan fingerprint density at radius 3 is 2.28 bits per heavy atom. The van der Waals surface area contributed by atoms with E-state index in [1.807, 2.05) is 6.92 Å². The SMILES string of the molecule is CCCNS(=O)(=O)c1cc(OC)c(OC)cc1F. The minimum absolute atomic E-state index is 0.143. The predicted octanol–water partition coefficient (Wildman–Crippen LogP) is 1.53. The van der Waals surface area contributed by atoms with Crippen molar-refractivity contribution in [2.24, 2.45) is 0 Å². The molecule has 0 aliphatic rings. The number of sulfonamides is 1. The maximum atomic E-state index is 13.7. The number of nitrogens with one attached hydrogen (secondary N) is 1. The molecule has 0 radical (unpaired) electrons. The van der Waals surface area contributed by atoms with Gasteiger partial charge in [-0.3, -0.25) is 0 Å². The molecule has 18 heavy (non-hydrogen) atoms. The van der Waals surface area contributed by atoms with Gasteiger partial charge in [0.15, 0.2) is 11.5 Å².